The van der Waals surface area contributed by atoms with Crippen LogP contribution >= 0.6 is 23.2 Å². The van der Waals surface area contributed by atoms with Crippen LogP contribution in [-0.4, -0.2) is 65.4 Å². The Kier molecular flexibility index (Phi) is 10.5. The van der Waals surface area contributed by atoms with E-state index in [0.717, 1.165) is 36.9 Å². The van der Waals surface area contributed by atoms with Gasteiger partial charge in [-0.1, -0.05) is 23.2 Å². The molecule has 4 heterocycles. The lowest BCUT2D eigenvalue weighted by Crippen LogP contribution is -2.24. The Labute approximate surface area is 312 Å². The van der Waals surface area contributed by atoms with E-state index < -0.39 is 17.5 Å². The average Bonchev–Trinajstić information content (AvgIpc) is 3.87. The lowest BCUT2D eigenvalue weighted by molar-refractivity contribution is 0.00690. The predicted molar refractivity (Wildman–Crippen MR) is 194 cm³/mol. The van der Waals surface area contributed by atoms with Crippen molar-refractivity contribution in [2.45, 2.75) is 77.7 Å². The largest absolute Gasteiger partial charge is 0.478 e. The highest BCUT2D eigenvalue weighted by Crippen LogP contribution is 2.50. The van der Waals surface area contributed by atoms with Gasteiger partial charge in [-0.05, 0) is 132 Å². The third-order valence-corrected chi connectivity index (χ3v) is 10.4. The zero-order valence-electron chi connectivity index (χ0n) is 29.6. The van der Waals surface area contributed by atoms with Crippen LogP contribution < -0.4 is 9.47 Å². The fourth-order valence-corrected chi connectivity index (χ4v) is 7.01. The molecule has 4 aromatic heterocycles. The highest BCUT2D eigenvalue weighted by Gasteiger charge is 2.42. The third kappa shape index (κ3) is 9.43. The van der Waals surface area contributed by atoms with Gasteiger partial charge in [0.05, 0.1) is 24.3 Å². The van der Waals surface area contributed by atoms with Crippen LogP contribution in [-0.2, 0) is 4.74 Å². The highest BCUT2D eigenvalue weighted by molar-refractivity contribution is 6.32. The van der Waals surface area contributed by atoms with Crippen molar-refractivity contribution < 1.29 is 28.9 Å². The van der Waals surface area contributed by atoms with Crippen molar-refractivity contribution >= 4 is 35.1 Å². The van der Waals surface area contributed by atoms with Crippen molar-refractivity contribution in [1.29, 1.82) is 0 Å². The summed E-state index contributed by atoms with van der Waals surface area (Å²) in [7, 11) is 0. The molecule has 0 atom stereocenters. The van der Waals surface area contributed by atoms with Gasteiger partial charge in [0.1, 0.15) is 15.9 Å². The van der Waals surface area contributed by atoms with Crippen molar-refractivity contribution in [2.75, 3.05) is 13.2 Å². The molecule has 0 unspecified atom stereocenters. The van der Waals surface area contributed by atoms with Gasteiger partial charge >= 0.3 is 11.9 Å². The topological polar surface area (TPSA) is 143 Å². The number of carbonyl (C=O) groups is 2. The Morgan fingerprint density at radius 2 is 1.12 bits per heavy atom. The van der Waals surface area contributed by atoms with E-state index in [9.17, 15) is 9.59 Å². The van der Waals surface area contributed by atoms with Crippen LogP contribution in [0.1, 0.15) is 92.9 Å². The number of ether oxygens (including phenoxy) is 3. The third-order valence-electron chi connectivity index (χ3n) is 9.87. The zero-order valence-corrected chi connectivity index (χ0v) is 31.1. The lowest BCUT2D eigenvalue weighted by Gasteiger charge is -2.19. The molecule has 12 nitrogen and oxygen atoms in total. The van der Waals surface area contributed by atoms with E-state index >= 15 is 0 Å². The normalized spacial score (nSPS) is 17.1. The minimum atomic E-state index is -1.10. The van der Waals surface area contributed by atoms with Crippen molar-refractivity contribution in [1.82, 2.24) is 29.5 Å². The summed E-state index contributed by atoms with van der Waals surface area (Å²) in [5.41, 5.74) is -0.382. The zero-order chi connectivity index (χ0) is 36.6. The van der Waals surface area contributed by atoms with Crippen molar-refractivity contribution in [3.05, 3.63) is 70.2 Å². The Balaban J connectivity index is 0.000000164. The quantitative estimate of drug-likeness (QED) is 0.0991. The molecule has 4 fully saturated rings. The lowest BCUT2D eigenvalue weighted by atomic mass is 9.99. The van der Waals surface area contributed by atoms with Gasteiger partial charge in [0.2, 0.25) is 11.8 Å². The summed E-state index contributed by atoms with van der Waals surface area (Å²) < 4.78 is 20.3. The van der Waals surface area contributed by atoms with Gasteiger partial charge in [-0.3, -0.25) is 0 Å². The number of pyridine rings is 2. The predicted octanol–water partition coefficient (Wildman–Crippen LogP) is 8.12. The van der Waals surface area contributed by atoms with Gasteiger partial charge in [-0.25, -0.2) is 28.9 Å². The molecule has 0 amide bonds. The second-order valence-electron chi connectivity index (χ2n) is 15.3. The van der Waals surface area contributed by atoms with Gasteiger partial charge in [0, 0.05) is 24.5 Å². The Morgan fingerprint density at radius 3 is 1.46 bits per heavy atom. The van der Waals surface area contributed by atoms with Crippen molar-refractivity contribution in [2.24, 2.45) is 35.5 Å². The number of aromatic nitrogens is 6. The Hall–Kier alpha value is -4.16. The smallest absolute Gasteiger partial charge is 0.341 e. The van der Waals surface area contributed by atoms with Crippen LogP contribution in [0.25, 0.3) is 11.6 Å². The van der Waals surface area contributed by atoms with Gasteiger partial charge < -0.3 is 19.3 Å². The summed E-state index contributed by atoms with van der Waals surface area (Å²) in [6.07, 6.45) is 14.2. The van der Waals surface area contributed by atoms with Gasteiger partial charge in [-0.15, -0.1) is 10.2 Å². The van der Waals surface area contributed by atoms with Gasteiger partial charge in [0.25, 0.3) is 0 Å². The number of halogens is 2. The van der Waals surface area contributed by atoms with Crippen molar-refractivity contribution in [3.8, 4) is 23.4 Å². The van der Waals surface area contributed by atoms with Crippen LogP contribution in [0.3, 0.4) is 0 Å². The van der Waals surface area contributed by atoms with Gasteiger partial charge in [-0.2, -0.15) is 0 Å². The molecule has 52 heavy (non-hydrogen) atoms. The maximum absolute atomic E-state index is 12.2. The molecule has 276 valence electrons. The van der Waals surface area contributed by atoms with Crippen molar-refractivity contribution in [3.63, 3.8) is 0 Å². The van der Waals surface area contributed by atoms with E-state index in [-0.39, 0.29) is 21.4 Å². The minimum Gasteiger partial charge on any atom is -0.478 e. The summed E-state index contributed by atoms with van der Waals surface area (Å²) >= 11 is 12.1. The number of nitrogens with zero attached hydrogens (tertiary/aromatic N) is 6. The number of carboxylic acids is 1. The standard InChI is InChI=1S/C21H26ClN3O3.C17H18ClN3O3/c1-21(2,3)28-20(26)15-8-9-17(23-19(15)22)25-11-10-18(24-25)27-12-16(13-4-5-13)14-6-7-14;18-16-12(17(22)23)5-6-14(19-16)21-8-7-15(20-21)24-9-13(10-1-2-10)11-3-4-11/h8-11,13-14,16H,4-7,12H2,1-3H3;5-8,10-11,13H,1-4,9H2,(H,22,23). The van der Waals surface area contributed by atoms with E-state index in [2.05, 4.69) is 20.2 Å². The number of aromatic carboxylic acids is 1. The van der Waals surface area contributed by atoms with E-state index in [1.807, 2.05) is 26.8 Å². The Morgan fingerprint density at radius 1 is 0.712 bits per heavy atom. The summed E-state index contributed by atoms with van der Waals surface area (Å²) in [5, 5.41) is 17.8. The number of carboxylic acid groups (broad SMARTS) is 1. The molecule has 4 saturated carbocycles. The number of hydrogen-bond acceptors (Lipinski definition) is 9. The molecular weight excluding hydrogens is 707 g/mol. The summed E-state index contributed by atoms with van der Waals surface area (Å²) in [4.78, 5) is 31.6. The second kappa shape index (κ2) is 15.1. The number of hydrogen-bond donors (Lipinski definition) is 1. The maximum atomic E-state index is 12.2. The SMILES string of the molecule is CC(C)(C)OC(=O)c1ccc(-n2ccc(OCC(C3CC3)C3CC3)n2)nc1Cl.O=C(O)c1ccc(-n2ccc(OCC(C3CC3)C3CC3)n2)nc1Cl. The first-order valence-electron chi connectivity index (χ1n) is 18.1. The average molecular weight is 752 g/mol. The fraction of sp³-hybridized carbons (Fsp3) is 0.526. The molecule has 0 aliphatic heterocycles. The minimum absolute atomic E-state index is 0.0271. The first-order chi connectivity index (χ1) is 24.9. The summed E-state index contributed by atoms with van der Waals surface area (Å²) in [5.74, 6) is 5.22. The molecule has 4 aliphatic rings. The number of carbonyl (C=O) groups excluding carboxylic acids is 1. The molecule has 4 aliphatic carbocycles. The van der Waals surface area contributed by atoms with E-state index in [4.69, 9.17) is 42.5 Å². The Bertz CT molecular complexity index is 1880. The molecule has 8 rings (SSSR count). The molecule has 0 aromatic carbocycles. The molecule has 0 spiro atoms. The molecule has 0 bridgehead atoms. The fourth-order valence-electron chi connectivity index (χ4n) is 6.55. The number of rotatable bonds is 14. The molecular formula is C38H44Cl2N6O6. The molecule has 0 radical (unpaired) electrons. The molecule has 0 saturated heterocycles. The van der Waals surface area contributed by atoms with E-state index in [0.29, 0.717) is 35.2 Å². The first-order valence-corrected chi connectivity index (χ1v) is 18.8. The van der Waals surface area contributed by atoms with E-state index in [1.165, 1.54) is 62.1 Å². The van der Waals surface area contributed by atoms with E-state index in [1.54, 1.807) is 41.3 Å². The molecule has 14 heteroatoms. The van der Waals surface area contributed by atoms with Crippen LogP contribution in [0, 0.1) is 35.5 Å². The van der Waals surface area contributed by atoms with Crippen LogP contribution in [0.4, 0.5) is 0 Å². The summed E-state index contributed by atoms with van der Waals surface area (Å²) in [6.45, 7) is 6.88. The summed E-state index contributed by atoms with van der Waals surface area (Å²) in [6, 6.07) is 9.91. The van der Waals surface area contributed by atoms with Crippen LogP contribution in [0.15, 0.2) is 48.8 Å². The van der Waals surface area contributed by atoms with Crippen LogP contribution in [0.5, 0.6) is 11.8 Å². The second-order valence-corrected chi connectivity index (χ2v) is 16.0. The maximum Gasteiger partial charge on any atom is 0.341 e. The molecule has 4 aromatic rings. The highest BCUT2D eigenvalue weighted by atomic mass is 35.5. The molecule has 1 N–H and O–H groups in total. The van der Waals surface area contributed by atoms with Crippen LogP contribution in [0.2, 0.25) is 10.3 Å². The first kappa shape index (κ1) is 36.2. The number of esters is 1. The van der Waals surface area contributed by atoms with Gasteiger partial charge in [0.15, 0.2) is 11.6 Å². The monoisotopic (exact) mass is 750 g/mol.